The van der Waals surface area contributed by atoms with E-state index < -0.39 is 34.5 Å². The van der Waals surface area contributed by atoms with Gasteiger partial charge in [0.1, 0.15) is 0 Å². The number of carbonyl (C=O) groups excluding carboxylic acids is 3. The Morgan fingerprint density at radius 2 is 1.52 bits per heavy atom. The molecule has 0 unspecified atom stereocenters. The van der Waals surface area contributed by atoms with E-state index in [4.69, 9.17) is 4.74 Å². The fraction of sp³-hybridized carbons (Fsp3) is 0.318. The second-order valence-electron chi connectivity index (χ2n) is 7.76. The number of rotatable bonds is 5. The predicted octanol–water partition coefficient (Wildman–Crippen LogP) is 2.52. The summed E-state index contributed by atoms with van der Waals surface area (Å²) in [5.41, 5.74) is 0.665. The van der Waals surface area contributed by atoms with Gasteiger partial charge in [0.2, 0.25) is 10.0 Å². The Hall–Kier alpha value is -3.04. The zero-order valence-corrected chi connectivity index (χ0v) is 17.8. The van der Waals surface area contributed by atoms with Gasteiger partial charge in [-0.1, -0.05) is 19.1 Å². The van der Waals surface area contributed by atoms with Gasteiger partial charge in [0.15, 0.2) is 6.73 Å². The zero-order chi connectivity index (χ0) is 22.2. The molecule has 9 heteroatoms. The molecule has 2 aliphatic rings. The first-order valence-corrected chi connectivity index (χ1v) is 11.5. The van der Waals surface area contributed by atoms with Crippen molar-refractivity contribution in [1.29, 1.82) is 0 Å². The molecule has 162 valence electrons. The minimum Gasteiger partial charge on any atom is -0.440 e. The quantitative estimate of drug-likeness (QED) is 0.521. The van der Waals surface area contributed by atoms with Crippen molar-refractivity contribution in [3.63, 3.8) is 0 Å². The maximum atomic E-state index is 12.8. The van der Waals surface area contributed by atoms with Crippen LogP contribution in [0.4, 0.5) is 0 Å². The average Bonchev–Trinajstić information content (AvgIpc) is 3.02. The zero-order valence-electron chi connectivity index (χ0n) is 17.0. The van der Waals surface area contributed by atoms with Crippen LogP contribution in [0.5, 0.6) is 0 Å². The fourth-order valence-corrected chi connectivity index (χ4v) is 5.17. The number of piperidine rings is 1. The van der Waals surface area contributed by atoms with E-state index in [9.17, 15) is 22.8 Å². The van der Waals surface area contributed by atoms with E-state index in [1.54, 1.807) is 24.3 Å². The molecule has 31 heavy (non-hydrogen) atoms. The van der Waals surface area contributed by atoms with Crippen LogP contribution in [0.3, 0.4) is 0 Å². The molecule has 0 atom stereocenters. The van der Waals surface area contributed by atoms with Gasteiger partial charge in [-0.25, -0.2) is 18.1 Å². The lowest BCUT2D eigenvalue weighted by atomic mass is 10.0. The molecule has 0 aliphatic carbocycles. The molecule has 0 spiro atoms. The number of fused-ring (bicyclic) bond motifs is 1. The van der Waals surface area contributed by atoms with Gasteiger partial charge in [0.25, 0.3) is 11.8 Å². The van der Waals surface area contributed by atoms with Crippen LogP contribution in [0.1, 0.15) is 50.8 Å². The molecule has 0 aromatic heterocycles. The molecule has 2 aliphatic heterocycles. The number of esters is 1. The van der Waals surface area contributed by atoms with E-state index in [0.29, 0.717) is 19.0 Å². The van der Waals surface area contributed by atoms with Gasteiger partial charge < -0.3 is 4.74 Å². The number of imide groups is 1. The Balaban J connectivity index is 1.40. The maximum Gasteiger partial charge on any atom is 0.339 e. The second-order valence-corrected chi connectivity index (χ2v) is 9.69. The fourth-order valence-electron chi connectivity index (χ4n) is 3.70. The minimum atomic E-state index is -3.61. The van der Waals surface area contributed by atoms with Crippen LogP contribution >= 0.6 is 0 Å². The summed E-state index contributed by atoms with van der Waals surface area (Å²) in [5, 5.41) is 0. The summed E-state index contributed by atoms with van der Waals surface area (Å²) < 4.78 is 32.1. The predicted molar refractivity (Wildman–Crippen MR) is 111 cm³/mol. The van der Waals surface area contributed by atoms with Gasteiger partial charge in [0, 0.05) is 13.1 Å². The first kappa shape index (κ1) is 21.2. The maximum absolute atomic E-state index is 12.8. The third-order valence-corrected chi connectivity index (χ3v) is 7.59. The summed E-state index contributed by atoms with van der Waals surface area (Å²) in [5.74, 6) is -1.30. The molecular formula is C22H22N2O6S. The normalized spacial score (nSPS) is 17.6. The molecule has 1 fully saturated rings. The van der Waals surface area contributed by atoms with E-state index in [2.05, 4.69) is 6.92 Å². The van der Waals surface area contributed by atoms with Gasteiger partial charge in [-0.2, -0.15) is 4.31 Å². The number of hydrogen-bond donors (Lipinski definition) is 0. The van der Waals surface area contributed by atoms with Gasteiger partial charge in [-0.15, -0.1) is 0 Å². The molecule has 4 rings (SSSR count). The minimum absolute atomic E-state index is 0.110. The largest absolute Gasteiger partial charge is 0.440 e. The lowest BCUT2D eigenvalue weighted by molar-refractivity contribution is 0.0228. The summed E-state index contributed by atoms with van der Waals surface area (Å²) in [4.78, 5) is 38.0. The molecule has 2 amide bonds. The van der Waals surface area contributed by atoms with Gasteiger partial charge in [-0.05, 0) is 55.2 Å². The van der Waals surface area contributed by atoms with Crippen LogP contribution in [0, 0.1) is 5.92 Å². The third kappa shape index (κ3) is 3.98. The van der Waals surface area contributed by atoms with Gasteiger partial charge in [-0.3, -0.25) is 9.59 Å². The highest BCUT2D eigenvalue weighted by Gasteiger charge is 2.36. The SMILES string of the molecule is CC1CCN(S(=O)(=O)c2ccc(C(=O)OCN3C(=O)c4ccccc4C3=O)cc2)CC1. The van der Waals surface area contributed by atoms with E-state index >= 15 is 0 Å². The number of amides is 2. The molecule has 2 aromatic rings. The van der Waals surface area contributed by atoms with Gasteiger partial charge in [0.05, 0.1) is 21.6 Å². The van der Waals surface area contributed by atoms with Crippen molar-refractivity contribution in [2.75, 3.05) is 19.8 Å². The Morgan fingerprint density at radius 1 is 0.968 bits per heavy atom. The lowest BCUT2D eigenvalue weighted by Gasteiger charge is -2.29. The molecule has 1 saturated heterocycles. The van der Waals surface area contributed by atoms with Crippen molar-refractivity contribution in [3.8, 4) is 0 Å². The van der Waals surface area contributed by atoms with Crippen LogP contribution in [0.25, 0.3) is 0 Å². The number of hydrogen-bond acceptors (Lipinski definition) is 6. The summed E-state index contributed by atoms with van der Waals surface area (Å²) in [6.07, 6.45) is 1.64. The van der Waals surface area contributed by atoms with Crippen LogP contribution in [-0.2, 0) is 14.8 Å². The van der Waals surface area contributed by atoms with Crippen molar-refractivity contribution in [2.45, 2.75) is 24.7 Å². The Labute approximate surface area is 180 Å². The van der Waals surface area contributed by atoms with Crippen LogP contribution < -0.4 is 0 Å². The molecule has 2 aromatic carbocycles. The van der Waals surface area contributed by atoms with E-state index in [0.717, 1.165) is 17.7 Å². The Morgan fingerprint density at radius 3 is 2.06 bits per heavy atom. The summed E-state index contributed by atoms with van der Waals surface area (Å²) in [6, 6.07) is 11.9. The first-order chi connectivity index (χ1) is 14.8. The monoisotopic (exact) mass is 442 g/mol. The summed E-state index contributed by atoms with van der Waals surface area (Å²) in [6.45, 7) is 2.55. The molecular weight excluding hydrogens is 420 g/mol. The number of sulfonamides is 1. The van der Waals surface area contributed by atoms with Crippen LogP contribution in [0.2, 0.25) is 0 Å². The molecule has 2 heterocycles. The summed E-state index contributed by atoms with van der Waals surface area (Å²) in [7, 11) is -3.61. The third-order valence-electron chi connectivity index (χ3n) is 5.67. The molecule has 0 radical (unpaired) electrons. The van der Waals surface area contributed by atoms with Crippen LogP contribution in [0.15, 0.2) is 53.4 Å². The molecule has 8 nitrogen and oxygen atoms in total. The number of nitrogens with zero attached hydrogens (tertiary/aromatic N) is 2. The number of carbonyl (C=O) groups is 3. The van der Waals surface area contributed by atoms with Crippen molar-refractivity contribution in [1.82, 2.24) is 9.21 Å². The smallest absolute Gasteiger partial charge is 0.339 e. The molecule has 0 bridgehead atoms. The van der Waals surface area contributed by atoms with Crippen molar-refractivity contribution < 1.29 is 27.5 Å². The van der Waals surface area contributed by atoms with Gasteiger partial charge >= 0.3 is 5.97 Å². The van der Waals surface area contributed by atoms with E-state index in [1.165, 1.54) is 28.6 Å². The number of benzene rings is 2. The highest BCUT2D eigenvalue weighted by Crippen LogP contribution is 2.24. The average molecular weight is 442 g/mol. The van der Waals surface area contributed by atoms with E-state index in [-0.39, 0.29) is 21.6 Å². The topological polar surface area (TPSA) is 101 Å². The van der Waals surface area contributed by atoms with Crippen molar-refractivity contribution >= 4 is 27.8 Å². The lowest BCUT2D eigenvalue weighted by Crippen LogP contribution is -2.37. The summed E-state index contributed by atoms with van der Waals surface area (Å²) >= 11 is 0. The van der Waals surface area contributed by atoms with Crippen LogP contribution in [-0.4, -0.2) is 55.2 Å². The molecule has 0 saturated carbocycles. The second kappa shape index (κ2) is 8.24. The first-order valence-electron chi connectivity index (χ1n) is 10.0. The van der Waals surface area contributed by atoms with Crippen molar-refractivity contribution in [2.24, 2.45) is 5.92 Å². The molecule has 0 N–H and O–H groups in total. The Kier molecular flexibility index (Phi) is 5.63. The van der Waals surface area contributed by atoms with E-state index in [1.807, 2.05) is 0 Å². The van der Waals surface area contributed by atoms with Crippen molar-refractivity contribution in [3.05, 3.63) is 65.2 Å². The Bertz CT molecular complexity index is 1100. The highest BCUT2D eigenvalue weighted by molar-refractivity contribution is 7.89. The highest BCUT2D eigenvalue weighted by atomic mass is 32.2. The standard InChI is InChI=1S/C22H22N2O6S/c1-15-10-12-23(13-11-15)31(28,29)17-8-6-16(7-9-17)22(27)30-14-24-20(25)18-4-2-3-5-19(18)21(24)26/h2-9,15H,10-14H2,1H3. The number of ether oxygens (including phenoxy) is 1.